The molecule has 0 aliphatic carbocycles. The van der Waals surface area contributed by atoms with E-state index in [2.05, 4.69) is 0 Å². The lowest BCUT2D eigenvalue weighted by Gasteiger charge is -2.19. The molecule has 1 aromatic rings. The van der Waals surface area contributed by atoms with Gasteiger partial charge in [0, 0.05) is 19.3 Å². The number of hydrogen-bond donors (Lipinski definition) is 2. The lowest BCUT2D eigenvalue weighted by atomic mass is 10.1. The quantitative estimate of drug-likeness (QED) is 0.750. The summed E-state index contributed by atoms with van der Waals surface area (Å²) in [6.07, 6.45) is 0. The van der Waals surface area contributed by atoms with E-state index in [1.165, 1.54) is 0 Å². The number of benzene rings is 1. The Morgan fingerprint density at radius 1 is 1.29 bits per heavy atom. The molecule has 2 N–H and O–H groups in total. The van der Waals surface area contributed by atoms with E-state index in [0.29, 0.717) is 6.54 Å². The van der Waals surface area contributed by atoms with Gasteiger partial charge >= 0.3 is 0 Å². The van der Waals surface area contributed by atoms with Crippen LogP contribution in [-0.2, 0) is 6.61 Å². The molecule has 0 aliphatic rings. The summed E-state index contributed by atoms with van der Waals surface area (Å²) in [7, 11) is 1.93. The molecule has 3 heteroatoms. The van der Waals surface area contributed by atoms with Crippen molar-refractivity contribution in [2.75, 3.05) is 25.1 Å². The summed E-state index contributed by atoms with van der Waals surface area (Å²) in [4.78, 5) is 1.98. The second-order valence-electron chi connectivity index (χ2n) is 3.41. The molecule has 3 nitrogen and oxygen atoms in total. The number of aliphatic hydroxyl groups is 2. The third kappa shape index (κ3) is 2.47. The number of anilines is 1. The standard InChI is InChI=1S/C11H17NO2/c1-9-7-11(12(2)5-6-13)4-3-10(9)8-14/h3-4,7,13-14H,5-6,8H2,1-2H3. The molecule has 0 aliphatic heterocycles. The highest BCUT2D eigenvalue weighted by molar-refractivity contribution is 5.50. The van der Waals surface area contributed by atoms with Crippen LogP contribution in [0.4, 0.5) is 5.69 Å². The maximum absolute atomic E-state index is 9.00. The largest absolute Gasteiger partial charge is 0.395 e. The number of nitrogens with zero attached hydrogens (tertiary/aromatic N) is 1. The molecule has 14 heavy (non-hydrogen) atoms. The minimum atomic E-state index is 0.0792. The minimum absolute atomic E-state index is 0.0792. The number of aryl methyl sites for hydroxylation is 1. The second kappa shape index (κ2) is 4.98. The molecule has 78 valence electrons. The highest BCUT2D eigenvalue weighted by Crippen LogP contribution is 2.17. The average molecular weight is 195 g/mol. The van der Waals surface area contributed by atoms with Crippen molar-refractivity contribution in [2.45, 2.75) is 13.5 Å². The second-order valence-corrected chi connectivity index (χ2v) is 3.41. The van der Waals surface area contributed by atoms with E-state index in [1.807, 2.05) is 37.1 Å². The molecule has 1 aromatic carbocycles. The monoisotopic (exact) mass is 195 g/mol. The van der Waals surface area contributed by atoms with Gasteiger partial charge in [0.1, 0.15) is 0 Å². The molecule has 0 heterocycles. The first-order valence-electron chi connectivity index (χ1n) is 4.71. The number of aliphatic hydroxyl groups excluding tert-OH is 2. The Hall–Kier alpha value is -1.06. The molecule has 0 fully saturated rings. The van der Waals surface area contributed by atoms with E-state index < -0.39 is 0 Å². The smallest absolute Gasteiger partial charge is 0.0684 e. The van der Waals surface area contributed by atoms with Crippen LogP contribution in [0.2, 0.25) is 0 Å². The highest BCUT2D eigenvalue weighted by atomic mass is 16.3. The van der Waals surface area contributed by atoms with Gasteiger partial charge in [-0.2, -0.15) is 0 Å². The Bertz CT molecular complexity index is 299. The Morgan fingerprint density at radius 3 is 2.50 bits per heavy atom. The van der Waals surface area contributed by atoms with Gasteiger partial charge in [0.25, 0.3) is 0 Å². The summed E-state index contributed by atoms with van der Waals surface area (Å²) in [5.41, 5.74) is 3.09. The summed E-state index contributed by atoms with van der Waals surface area (Å²) < 4.78 is 0. The van der Waals surface area contributed by atoms with Crippen LogP contribution in [0.25, 0.3) is 0 Å². The summed E-state index contributed by atoms with van der Waals surface area (Å²) in [5, 5.41) is 17.8. The lowest BCUT2D eigenvalue weighted by Crippen LogP contribution is -2.21. The SMILES string of the molecule is Cc1cc(N(C)CCO)ccc1CO. The van der Waals surface area contributed by atoms with Crippen LogP contribution in [-0.4, -0.2) is 30.4 Å². The van der Waals surface area contributed by atoms with Crippen molar-refractivity contribution in [1.82, 2.24) is 0 Å². The first kappa shape index (κ1) is 11.0. The first-order chi connectivity index (χ1) is 6.69. The topological polar surface area (TPSA) is 43.7 Å². The third-order valence-corrected chi connectivity index (χ3v) is 2.37. The molecule has 0 unspecified atom stereocenters. The van der Waals surface area contributed by atoms with Crippen LogP contribution < -0.4 is 4.90 Å². The summed E-state index contributed by atoms with van der Waals surface area (Å²) in [6, 6.07) is 5.88. The molecule has 0 aromatic heterocycles. The predicted molar refractivity (Wildman–Crippen MR) is 57.5 cm³/mol. The summed E-state index contributed by atoms with van der Waals surface area (Å²) in [5.74, 6) is 0. The van der Waals surface area contributed by atoms with Crippen molar-refractivity contribution in [2.24, 2.45) is 0 Å². The van der Waals surface area contributed by atoms with Crippen molar-refractivity contribution in [1.29, 1.82) is 0 Å². The Kier molecular flexibility index (Phi) is 3.92. The predicted octanol–water partition coefficient (Wildman–Crippen LogP) is 0.916. The zero-order chi connectivity index (χ0) is 10.6. The van der Waals surface area contributed by atoms with E-state index in [-0.39, 0.29) is 13.2 Å². The van der Waals surface area contributed by atoms with E-state index in [1.54, 1.807) is 0 Å². The van der Waals surface area contributed by atoms with Crippen LogP contribution in [0.1, 0.15) is 11.1 Å². The summed E-state index contributed by atoms with van der Waals surface area (Å²) >= 11 is 0. The Labute approximate surface area is 84.6 Å². The molecule has 0 bridgehead atoms. The van der Waals surface area contributed by atoms with Gasteiger partial charge in [-0.05, 0) is 30.2 Å². The van der Waals surface area contributed by atoms with Gasteiger partial charge < -0.3 is 15.1 Å². The average Bonchev–Trinajstić information content (AvgIpc) is 2.18. The van der Waals surface area contributed by atoms with Crippen LogP contribution >= 0.6 is 0 Å². The number of likely N-dealkylation sites (N-methyl/N-ethyl adjacent to an activating group) is 1. The van der Waals surface area contributed by atoms with Crippen LogP contribution in [0.3, 0.4) is 0 Å². The van der Waals surface area contributed by atoms with Crippen molar-refractivity contribution in [3.05, 3.63) is 29.3 Å². The molecule has 0 amide bonds. The molecule has 0 saturated heterocycles. The van der Waals surface area contributed by atoms with Gasteiger partial charge in [0.05, 0.1) is 13.2 Å². The van der Waals surface area contributed by atoms with E-state index >= 15 is 0 Å². The highest BCUT2D eigenvalue weighted by Gasteiger charge is 2.02. The maximum atomic E-state index is 9.00. The van der Waals surface area contributed by atoms with Gasteiger partial charge in [-0.25, -0.2) is 0 Å². The van der Waals surface area contributed by atoms with Crippen LogP contribution in [0, 0.1) is 6.92 Å². The van der Waals surface area contributed by atoms with Crippen molar-refractivity contribution in [3.63, 3.8) is 0 Å². The molecule has 0 atom stereocenters. The number of rotatable bonds is 4. The summed E-state index contributed by atoms with van der Waals surface area (Å²) in [6.45, 7) is 2.83. The molecular formula is C11H17NO2. The Morgan fingerprint density at radius 2 is 2.00 bits per heavy atom. The van der Waals surface area contributed by atoms with Gasteiger partial charge in [-0.1, -0.05) is 6.07 Å². The Balaban J connectivity index is 2.85. The van der Waals surface area contributed by atoms with Crippen LogP contribution in [0.5, 0.6) is 0 Å². The zero-order valence-electron chi connectivity index (χ0n) is 8.70. The van der Waals surface area contributed by atoms with Gasteiger partial charge in [-0.3, -0.25) is 0 Å². The molecule has 0 radical (unpaired) electrons. The molecule has 0 spiro atoms. The minimum Gasteiger partial charge on any atom is -0.395 e. The third-order valence-electron chi connectivity index (χ3n) is 2.37. The fourth-order valence-corrected chi connectivity index (χ4v) is 1.37. The fourth-order valence-electron chi connectivity index (χ4n) is 1.37. The van der Waals surface area contributed by atoms with E-state index in [9.17, 15) is 0 Å². The molecular weight excluding hydrogens is 178 g/mol. The van der Waals surface area contributed by atoms with Gasteiger partial charge in [0.15, 0.2) is 0 Å². The lowest BCUT2D eigenvalue weighted by molar-refractivity contribution is 0.281. The molecule has 0 saturated carbocycles. The fraction of sp³-hybridized carbons (Fsp3) is 0.455. The van der Waals surface area contributed by atoms with Gasteiger partial charge in [-0.15, -0.1) is 0 Å². The van der Waals surface area contributed by atoms with Crippen molar-refractivity contribution < 1.29 is 10.2 Å². The molecule has 1 rings (SSSR count). The van der Waals surface area contributed by atoms with Crippen molar-refractivity contribution >= 4 is 5.69 Å². The van der Waals surface area contributed by atoms with Gasteiger partial charge in [0.2, 0.25) is 0 Å². The maximum Gasteiger partial charge on any atom is 0.0684 e. The first-order valence-corrected chi connectivity index (χ1v) is 4.71. The van der Waals surface area contributed by atoms with Crippen LogP contribution in [0.15, 0.2) is 18.2 Å². The van der Waals surface area contributed by atoms with E-state index in [0.717, 1.165) is 16.8 Å². The normalized spacial score (nSPS) is 10.3. The van der Waals surface area contributed by atoms with E-state index in [4.69, 9.17) is 10.2 Å². The zero-order valence-corrected chi connectivity index (χ0v) is 8.70. The number of hydrogen-bond acceptors (Lipinski definition) is 3. The van der Waals surface area contributed by atoms with Crippen molar-refractivity contribution in [3.8, 4) is 0 Å².